The number of likely N-dealkylation sites (tertiary alicyclic amines) is 2. The highest BCUT2D eigenvalue weighted by Gasteiger charge is 2.41. The van der Waals surface area contributed by atoms with Crippen molar-refractivity contribution in [3.63, 3.8) is 0 Å². The fourth-order valence-electron chi connectivity index (χ4n) is 8.06. The van der Waals surface area contributed by atoms with E-state index in [1.54, 1.807) is 0 Å². The number of hydrogen-bond donors (Lipinski definition) is 1. The quantitative estimate of drug-likeness (QED) is 0.310. The zero-order chi connectivity index (χ0) is 29.6. The lowest BCUT2D eigenvalue weighted by molar-refractivity contribution is -0.139. The van der Waals surface area contributed by atoms with Gasteiger partial charge in [-0.05, 0) is 60.2 Å². The molecule has 6 rings (SSSR count). The molecular formula is C35H47N5O3. The Morgan fingerprint density at radius 2 is 1.67 bits per heavy atom. The van der Waals surface area contributed by atoms with Crippen LogP contribution in [0.2, 0.25) is 0 Å². The molecule has 0 amide bonds. The number of benzene rings is 2. The lowest BCUT2D eigenvalue weighted by atomic mass is 9.81. The van der Waals surface area contributed by atoms with E-state index in [2.05, 4.69) is 85.5 Å². The summed E-state index contributed by atoms with van der Waals surface area (Å²) in [5.41, 5.74) is 2.75. The van der Waals surface area contributed by atoms with Crippen molar-refractivity contribution in [1.29, 1.82) is 0 Å². The lowest BCUT2D eigenvalue weighted by Crippen LogP contribution is -2.48. The molecule has 2 saturated heterocycles. The maximum absolute atomic E-state index is 11.7. The van der Waals surface area contributed by atoms with Gasteiger partial charge in [-0.1, -0.05) is 73.5 Å². The summed E-state index contributed by atoms with van der Waals surface area (Å²) in [6, 6.07) is 22.4. The van der Waals surface area contributed by atoms with Crippen LogP contribution >= 0.6 is 0 Å². The second kappa shape index (κ2) is 14.0. The number of aromatic nitrogens is 2. The molecule has 3 aliphatic rings. The van der Waals surface area contributed by atoms with Crippen LogP contribution in [0.5, 0.6) is 0 Å². The van der Waals surface area contributed by atoms with Crippen molar-refractivity contribution in [2.75, 3.05) is 44.2 Å². The van der Waals surface area contributed by atoms with Crippen molar-refractivity contribution in [2.45, 2.75) is 76.3 Å². The highest BCUT2D eigenvalue weighted by Crippen LogP contribution is 2.40. The second-order valence-corrected chi connectivity index (χ2v) is 13.0. The number of carboxylic acid groups (broad SMARTS) is 1. The minimum Gasteiger partial charge on any atom is -0.481 e. The summed E-state index contributed by atoms with van der Waals surface area (Å²) < 4.78 is 5.39. The molecule has 0 radical (unpaired) electrons. The first-order chi connectivity index (χ1) is 21.0. The number of carbonyl (C=O) groups is 1. The van der Waals surface area contributed by atoms with Crippen molar-refractivity contribution in [2.24, 2.45) is 11.8 Å². The van der Waals surface area contributed by atoms with Crippen molar-refractivity contribution < 1.29 is 14.4 Å². The molecule has 4 unspecified atom stereocenters. The molecule has 3 fully saturated rings. The molecule has 2 aliphatic heterocycles. The standard InChI is InChI=1S/C35H47N5O3/c1-26-36-35(37-43-26)40(21-16-27-10-4-2-5-11-27)31-17-19-38(20-18-31)23-30-24-39(25-32(30)28-12-6-3-7-13-28)33-15-9-8-14-29(33)22-34(41)42/h2-7,10-13,29-33H,8-9,14-25H2,1H3,(H,41,42). The average Bonchev–Trinajstić information content (AvgIpc) is 3.65. The SMILES string of the molecule is Cc1nc(N(CCc2ccccc2)C2CCN(CC3CN(C4CCCCC4CC(=O)O)CC3c3ccccc3)CC2)no1. The fraction of sp³-hybridized carbons (Fsp3) is 0.571. The van der Waals surface area contributed by atoms with Crippen LogP contribution in [0.3, 0.4) is 0 Å². The van der Waals surface area contributed by atoms with Crippen LogP contribution < -0.4 is 4.90 Å². The summed E-state index contributed by atoms with van der Waals surface area (Å²) >= 11 is 0. The fourth-order valence-corrected chi connectivity index (χ4v) is 8.06. The van der Waals surface area contributed by atoms with Gasteiger partial charge >= 0.3 is 5.97 Å². The number of rotatable bonds is 11. The molecule has 3 heterocycles. The number of carboxylic acids is 1. The van der Waals surface area contributed by atoms with Gasteiger partial charge in [0.05, 0.1) is 0 Å². The molecule has 230 valence electrons. The first kappa shape index (κ1) is 29.8. The Morgan fingerprint density at radius 1 is 0.953 bits per heavy atom. The number of piperidine rings is 1. The number of hydrogen-bond acceptors (Lipinski definition) is 7. The van der Waals surface area contributed by atoms with Crippen LogP contribution in [0.25, 0.3) is 0 Å². The molecule has 4 atom stereocenters. The van der Waals surface area contributed by atoms with Crippen molar-refractivity contribution in [3.05, 3.63) is 77.7 Å². The number of nitrogens with zero attached hydrogens (tertiary/aromatic N) is 5. The van der Waals surface area contributed by atoms with E-state index >= 15 is 0 Å². The molecular weight excluding hydrogens is 538 g/mol. The number of anilines is 1. The van der Waals surface area contributed by atoms with E-state index in [4.69, 9.17) is 4.52 Å². The molecule has 0 bridgehead atoms. The van der Waals surface area contributed by atoms with E-state index in [0.717, 1.165) is 77.8 Å². The van der Waals surface area contributed by atoms with Gasteiger partial charge in [0.15, 0.2) is 0 Å². The van der Waals surface area contributed by atoms with Crippen molar-refractivity contribution in [1.82, 2.24) is 19.9 Å². The molecule has 8 nitrogen and oxygen atoms in total. The largest absolute Gasteiger partial charge is 0.481 e. The number of aliphatic carboxylic acids is 1. The van der Waals surface area contributed by atoms with Crippen LogP contribution in [-0.2, 0) is 11.2 Å². The molecule has 8 heteroatoms. The first-order valence-corrected chi connectivity index (χ1v) is 16.4. The van der Waals surface area contributed by atoms with Crippen LogP contribution in [-0.4, -0.2) is 82.4 Å². The summed E-state index contributed by atoms with van der Waals surface area (Å²) in [4.78, 5) is 24.0. The first-order valence-electron chi connectivity index (χ1n) is 16.4. The zero-order valence-electron chi connectivity index (χ0n) is 25.6. The molecule has 1 saturated carbocycles. The van der Waals surface area contributed by atoms with E-state index in [1.165, 1.54) is 17.5 Å². The van der Waals surface area contributed by atoms with E-state index in [9.17, 15) is 9.90 Å². The molecule has 1 N–H and O–H groups in total. The Hall–Kier alpha value is -3.23. The van der Waals surface area contributed by atoms with Gasteiger partial charge in [-0.15, -0.1) is 0 Å². The van der Waals surface area contributed by atoms with Gasteiger partial charge in [-0.25, -0.2) is 0 Å². The molecule has 0 spiro atoms. The molecule has 2 aromatic carbocycles. The van der Waals surface area contributed by atoms with E-state index in [-0.39, 0.29) is 5.92 Å². The van der Waals surface area contributed by atoms with Crippen molar-refractivity contribution >= 4 is 11.9 Å². The van der Waals surface area contributed by atoms with Gasteiger partial charge in [0.2, 0.25) is 5.89 Å². The van der Waals surface area contributed by atoms with Crippen LogP contribution in [0, 0.1) is 18.8 Å². The predicted octanol–water partition coefficient (Wildman–Crippen LogP) is 5.64. The third-order valence-corrected chi connectivity index (χ3v) is 10.2. The maximum Gasteiger partial charge on any atom is 0.303 e. The second-order valence-electron chi connectivity index (χ2n) is 13.0. The van der Waals surface area contributed by atoms with Crippen LogP contribution in [0.15, 0.2) is 65.2 Å². The van der Waals surface area contributed by atoms with E-state index < -0.39 is 5.97 Å². The van der Waals surface area contributed by atoms with Gasteiger partial charge in [0, 0.05) is 70.6 Å². The molecule has 3 aromatic rings. The van der Waals surface area contributed by atoms with Gasteiger partial charge in [-0.2, -0.15) is 4.98 Å². The minimum atomic E-state index is -0.649. The topological polar surface area (TPSA) is 85.9 Å². The zero-order valence-corrected chi connectivity index (χ0v) is 25.6. The van der Waals surface area contributed by atoms with E-state index in [0.29, 0.717) is 42.2 Å². The summed E-state index contributed by atoms with van der Waals surface area (Å²) in [6.45, 7) is 8.05. The van der Waals surface area contributed by atoms with Gasteiger partial charge in [0.1, 0.15) is 0 Å². The highest BCUT2D eigenvalue weighted by molar-refractivity contribution is 5.67. The molecule has 1 aliphatic carbocycles. The summed E-state index contributed by atoms with van der Waals surface area (Å²) in [5.74, 6) is 1.97. The Balaban J connectivity index is 1.11. The van der Waals surface area contributed by atoms with Crippen LogP contribution in [0.1, 0.15) is 67.9 Å². The Bertz CT molecular complexity index is 1290. The average molecular weight is 586 g/mol. The van der Waals surface area contributed by atoms with Gasteiger partial charge in [-0.3, -0.25) is 9.69 Å². The third kappa shape index (κ3) is 7.47. The normalized spacial score (nSPS) is 25.6. The van der Waals surface area contributed by atoms with Gasteiger partial charge in [0.25, 0.3) is 5.95 Å². The summed E-state index contributed by atoms with van der Waals surface area (Å²) in [7, 11) is 0. The Kier molecular flexibility index (Phi) is 9.74. The predicted molar refractivity (Wildman–Crippen MR) is 168 cm³/mol. The maximum atomic E-state index is 11.7. The Morgan fingerprint density at radius 3 is 2.37 bits per heavy atom. The van der Waals surface area contributed by atoms with Crippen LogP contribution in [0.4, 0.5) is 5.95 Å². The minimum absolute atomic E-state index is 0.271. The smallest absolute Gasteiger partial charge is 0.303 e. The van der Waals surface area contributed by atoms with Crippen molar-refractivity contribution in [3.8, 4) is 0 Å². The van der Waals surface area contributed by atoms with Gasteiger partial charge < -0.3 is 19.4 Å². The Labute approximate surface area is 256 Å². The molecule has 43 heavy (non-hydrogen) atoms. The summed E-state index contributed by atoms with van der Waals surface area (Å²) in [5, 5.41) is 13.9. The highest BCUT2D eigenvalue weighted by atomic mass is 16.5. The molecule has 1 aromatic heterocycles. The third-order valence-electron chi connectivity index (χ3n) is 10.2. The number of aryl methyl sites for hydroxylation is 1. The monoisotopic (exact) mass is 585 g/mol. The summed E-state index contributed by atoms with van der Waals surface area (Å²) in [6.07, 6.45) is 7.97. The van der Waals surface area contributed by atoms with E-state index in [1.807, 2.05) is 6.92 Å². The lowest BCUT2D eigenvalue weighted by Gasteiger charge is -2.39.